The summed E-state index contributed by atoms with van der Waals surface area (Å²) in [6.45, 7) is 0. The van der Waals surface area contributed by atoms with E-state index in [1.54, 1.807) is 18.3 Å². The second kappa shape index (κ2) is 5.00. The van der Waals surface area contributed by atoms with Gasteiger partial charge in [-0.05, 0) is 46.9 Å². The van der Waals surface area contributed by atoms with Crippen LogP contribution in [0.25, 0.3) is 10.9 Å². The van der Waals surface area contributed by atoms with Gasteiger partial charge in [0.05, 0.1) is 11.1 Å². The molecule has 3 rings (SSSR count). The van der Waals surface area contributed by atoms with Crippen molar-refractivity contribution in [1.82, 2.24) is 9.97 Å². The number of aromatic amines is 1. The third-order valence-corrected chi connectivity index (χ3v) is 3.44. The Morgan fingerprint density at radius 2 is 2.11 bits per heavy atom. The number of anilines is 1. The molecule has 2 N–H and O–H groups in total. The standard InChI is InChI=1S/C14H10IN3O/c15-10-4-5-12(17-8-10)18-14(19)11-3-1-2-9-6-7-16-13(9)11/h1-8,16H,(H,17,18,19). The van der Waals surface area contributed by atoms with Crippen LogP contribution in [-0.4, -0.2) is 15.9 Å². The van der Waals surface area contributed by atoms with E-state index in [2.05, 4.69) is 37.9 Å². The molecule has 0 spiro atoms. The van der Waals surface area contributed by atoms with E-state index in [0.717, 1.165) is 14.5 Å². The number of para-hydroxylation sites is 1. The van der Waals surface area contributed by atoms with E-state index in [-0.39, 0.29) is 5.91 Å². The fourth-order valence-corrected chi connectivity index (χ4v) is 2.23. The molecule has 0 bridgehead atoms. The van der Waals surface area contributed by atoms with Crippen LogP contribution in [0, 0.1) is 3.57 Å². The molecule has 19 heavy (non-hydrogen) atoms. The molecule has 0 fully saturated rings. The smallest absolute Gasteiger partial charge is 0.258 e. The number of carbonyl (C=O) groups excluding carboxylic acids is 1. The topological polar surface area (TPSA) is 57.8 Å². The van der Waals surface area contributed by atoms with Gasteiger partial charge in [-0.2, -0.15) is 0 Å². The van der Waals surface area contributed by atoms with Crippen molar-refractivity contribution in [2.24, 2.45) is 0 Å². The third-order valence-electron chi connectivity index (χ3n) is 2.80. The summed E-state index contributed by atoms with van der Waals surface area (Å²) in [6.07, 6.45) is 3.54. The molecule has 2 aromatic heterocycles. The van der Waals surface area contributed by atoms with E-state index >= 15 is 0 Å². The van der Waals surface area contributed by atoms with Gasteiger partial charge in [0, 0.05) is 21.4 Å². The van der Waals surface area contributed by atoms with Crippen LogP contribution in [-0.2, 0) is 0 Å². The Kier molecular flexibility index (Phi) is 3.20. The summed E-state index contributed by atoms with van der Waals surface area (Å²) in [6, 6.07) is 11.3. The first-order valence-corrected chi connectivity index (χ1v) is 6.81. The van der Waals surface area contributed by atoms with Gasteiger partial charge in [-0.15, -0.1) is 0 Å². The summed E-state index contributed by atoms with van der Waals surface area (Å²) in [5.74, 6) is 0.385. The molecule has 0 radical (unpaired) electrons. The van der Waals surface area contributed by atoms with Crippen LogP contribution in [0.3, 0.4) is 0 Å². The number of aromatic nitrogens is 2. The monoisotopic (exact) mass is 363 g/mol. The molecule has 4 nitrogen and oxygen atoms in total. The van der Waals surface area contributed by atoms with Crippen LogP contribution < -0.4 is 5.32 Å². The normalized spacial score (nSPS) is 10.6. The van der Waals surface area contributed by atoms with Gasteiger partial charge in [-0.3, -0.25) is 4.79 Å². The van der Waals surface area contributed by atoms with Crippen LogP contribution in [0.2, 0.25) is 0 Å². The molecule has 2 heterocycles. The fourth-order valence-electron chi connectivity index (χ4n) is 1.91. The lowest BCUT2D eigenvalue weighted by Gasteiger charge is -2.05. The lowest BCUT2D eigenvalue weighted by atomic mass is 10.1. The summed E-state index contributed by atoms with van der Waals surface area (Å²) in [4.78, 5) is 19.5. The van der Waals surface area contributed by atoms with Crippen molar-refractivity contribution in [2.75, 3.05) is 5.32 Å². The summed E-state index contributed by atoms with van der Waals surface area (Å²) in [5.41, 5.74) is 1.45. The Bertz CT molecular complexity index is 734. The largest absolute Gasteiger partial charge is 0.361 e. The molecule has 0 aliphatic heterocycles. The maximum atomic E-state index is 12.2. The molecule has 1 aromatic carbocycles. The predicted molar refractivity (Wildman–Crippen MR) is 83.2 cm³/mol. The van der Waals surface area contributed by atoms with Crippen LogP contribution in [0.5, 0.6) is 0 Å². The zero-order chi connectivity index (χ0) is 13.2. The van der Waals surface area contributed by atoms with Crippen molar-refractivity contribution in [2.45, 2.75) is 0 Å². The Balaban J connectivity index is 1.92. The number of carbonyl (C=O) groups is 1. The summed E-state index contributed by atoms with van der Waals surface area (Å²) >= 11 is 2.17. The van der Waals surface area contributed by atoms with Gasteiger partial charge < -0.3 is 10.3 Å². The maximum Gasteiger partial charge on any atom is 0.258 e. The molecule has 0 saturated heterocycles. The van der Waals surface area contributed by atoms with E-state index in [4.69, 9.17) is 0 Å². The summed E-state index contributed by atoms with van der Waals surface area (Å²) in [5, 5.41) is 3.81. The number of nitrogens with one attached hydrogen (secondary N) is 2. The second-order valence-corrected chi connectivity index (χ2v) is 5.31. The number of halogens is 1. The van der Waals surface area contributed by atoms with Crippen LogP contribution in [0.1, 0.15) is 10.4 Å². The number of H-pyrrole nitrogens is 1. The molecule has 0 saturated carbocycles. The zero-order valence-corrected chi connectivity index (χ0v) is 12.0. The number of hydrogen-bond acceptors (Lipinski definition) is 2. The minimum Gasteiger partial charge on any atom is -0.361 e. The number of fused-ring (bicyclic) bond motifs is 1. The molecule has 5 heteroatoms. The molecule has 0 unspecified atom stereocenters. The molecular formula is C14H10IN3O. The Labute approximate surface area is 123 Å². The van der Waals surface area contributed by atoms with E-state index < -0.39 is 0 Å². The predicted octanol–water partition coefficient (Wildman–Crippen LogP) is 3.42. The maximum absolute atomic E-state index is 12.2. The third kappa shape index (κ3) is 2.46. The first-order valence-electron chi connectivity index (χ1n) is 5.73. The van der Waals surface area contributed by atoms with E-state index in [1.807, 2.05) is 30.5 Å². The SMILES string of the molecule is O=C(Nc1ccc(I)cn1)c1cccc2cc[nH]c12. The number of amides is 1. The van der Waals surface area contributed by atoms with Crippen molar-refractivity contribution < 1.29 is 4.79 Å². The average molecular weight is 363 g/mol. The first kappa shape index (κ1) is 12.2. The van der Waals surface area contributed by atoms with Gasteiger partial charge in [-0.1, -0.05) is 12.1 Å². The highest BCUT2D eigenvalue weighted by Crippen LogP contribution is 2.18. The first-order chi connectivity index (χ1) is 9.24. The van der Waals surface area contributed by atoms with Gasteiger partial charge in [0.1, 0.15) is 5.82 Å². The highest BCUT2D eigenvalue weighted by Gasteiger charge is 2.11. The number of hydrogen-bond donors (Lipinski definition) is 2. The summed E-state index contributed by atoms with van der Waals surface area (Å²) < 4.78 is 1.03. The zero-order valence-electron chi connectivity index (χ0n) is 9.85. The minimum absolute atomic E-state index is 0.165. The number of nitrogens with zero attached hydrogens (tertiary/aromatic N) is 1. The second-order valence-electron chi connectivity index (χ2n) is 4.06. The lowest BCUT2D eigenvalue weighted by molar-refractivity contribution is 0.102. The van der Waals surface area contributed by atoms with Crippen molar-refractivity contribution in [3.8, 4) is 0 Å². The quantitative estimate of drug-likeness (QED) is 0.686. The Morgan fingerprint density at radius 3 is 2.89 bits per heavy atom. The lowest BCUT2D eigenvalue weighted by Crippen LogP contribution is -2.13. The van der Waals surface area contributed by atoms with Gasteiger partial charge in [-0.25, -0.2) is 4.98 Å². The van der Waals surface area contributed by atoms with Crippen LogP contribution in [0.4, 0.5) is 5.82 Å². The van der Waals surface area contributed by atoms with Gasteiger partial charge in [0.25, 0.3) is 5.91 Å². The molecule has 94 valence electrons. The Morgan fingerprint density at radius 1 is 1.21 bits per heavy atom. The number of rotatable bonds is 2. The van der Waals surface area contributed by atoms with Crippen LogP contribution >= 0.6 is 22.6 Å². The average Bonchev–Trinajstić information content (AvgIpc) is 2.89. The van der Waals surface area contributed by atoms with E-state index in [9.17, 15) is 4.79 Å². The molecule has 1 amide bonds. The van der Waals surface area contributed by atoms with Gasteiger partial charge in [0.15, 0.2) is 0 Å². The molecule has 0 atom stereocenters. The Hall–Kier alpha value is -1.89. The molecular weight excluding hydrogens is 353 g/mol. The molecule has 0 aliphatic rings. The molecule has 3 aromatic rings. The summed E-state index contributed by atoms with van der Waals surface area (Å²) in [7, 11) is 0. The van der Waals surface area contributed by atoms with Crippen molar-refractivity contribution >= 4 is 45.2 Å². The van der Waals surface area contributed by atoms with Crippen molar-refractivity contribution in [3.63, 3.8) is 0 Å². The van der Waals surface area contributed by atoms with E-state index in [0.29, 0.717) is 11.4 Å². The molecule has 0 aliphatic carbocycles. The fraction of sp³-hybridized carbons (Fsp3) is 0. The van der Waals surface area contributed by atoms with Gasteiger partial charge >= 0.3 is 0 Å². The number of pyridine rings is 1. The highest BCUT2D eigenvalue weighted by molar-refractivity contribution is 14.1. The van der Waals surface area contributed by atoms with Crippen molar-refractivity contribution in [3.05, 3.63) is 57.9 Å². The van der Waals surface area contributed by atoms with Crippen LogP contribution in [0.15, 0.2) is 48.8 Å². The minimum atomic E-state index is -0.165. The number of benzene rings is 1. The van der Waals surface area contributed by atoms with E-state index in [1.165, 1.54) is 0 Å². The van der Waals surface area contributed by atoms with Crippen molar-refractivity contribution in [1.29, 1.82) is 0 Å². The highest BCUT2D eigenvalue weighted by atomic mass is 127. The van der Waals surface area contributed by atoms with Gasteiger partial charge in [0.2, 0.25) is 0 Å².